The number of benzene rings is 1. The number of aromatic nitrogens is 2. The molecular formula is C14H18N4. The second kappa shape index (κ2) is 5.31. The van der Waals surface area contributed by atoms with Gasteiger partial charge in [0.2, 0.25) is 5.95 Å². The second-order valence-electron chi connectivity index (χ2n) is 4.83. The Balaban J connectivity index is 1.66. The van der Waals surface area contributed by atoms with Crippen LogP contribution in [0.5, 0.6) is 0 Å². The fourth-order valence-corrected chi connectivity index (χ4v) is 2.38. The standard InChI is InChI=1S/C14H18N4/c1-2-4-13-12(3-1)10-17-14(18-13)16-9-11-5-7-15-8-6-11/h1-4,10-11,15H,5-9H2,(H,16,17,18). The van der Waals surface area contributed by atoms with E-state index in [9.17, 15) is 0 Å². The van der Waals surface area contributed by atoms with Crippen LogP contribution in [0.4, 0.5) is 5.95 Å². The SMILES string of the molecule is c1ccc2nc(NCC3CCNCC3)ncc2c1. The highest BCUT2D eigenvalue weighted by atomic mass is 15.1. The van der Waals surface area contributed by atoms with Gasteiger partial charge in [-0.25, -0.2) is 9.97 Å². The van der Waals surface area contributed by atoms with Gasteiger partial charge < -0.3 is 10.6 Å². The average molecular weight is 242 g/mol. The van der Waals surface area contributed by atoms with E-state index in [-0.39, 0.29) is 0 Å². The zero-order chi connectivity index (χ0) is 12.2. The molecule has 4 nitrogen and oxygen atoms in total. The highest BCUT2D eigenvalue weighted by Gasteiger charge is 2.12. The van der Waals surface area contributed by atoms with Crippen LogP contribution in [0.2, 0.25) is 0 Å². The first kappa shape index (κ1) is 11.4. The lowest BCUT2D eigenvalue weighted by atomic mass is 9.98. The Labute approximate surface area is 107 Å². The van der Waals surface area contributed by atoms with Gasteiger partial charge in [-0.3, -0.25) is 0 Å². The van der Waals surface area contributed by atoms with Crippen LogP contribution < -0.4 is 10.6 Å². The number of hydrogen-bond acceptors (Lipinski definition) is 4. The van der Waals surface area contributed by atoms with E-state index >= 15 is 0 Å². The molecule has 0 saturated carbocycles. The quantitative estimate of drug-likeness (QED) is 0.865. The maximum atomic E-state index is 4.52. The number of para-hydroxylation sites is 1. The first-order valence-corrected chi connectivity index (χ1v) is 6.58. The molecule has 2 aromatic rings. The molecule has 0 bridgehead atoms. The van der Waals surface area contributed by atoms with E-state index in [1.54, 1.807) is 0 Å². The number of nitrogens with one attached hydrogen (secondary N) is 2. The van der Waals surface area contributed by atoms with Crippen LogP contribution >= 0.6 is 0 Å². The van der Waals surface area contributed by atoms with Crippen molar-refractivity contribution >= 4 is 16.9 Å². The molecule has 94 valence electrons. The van der Waals surface area contributed by atoms with Gasteiger partial charge in [-0.2, -0.15) is 0 Å². The van der Waals surface area contributed by atoms with E-state index in [2.05, 4.69) is 20.6 Å². The minimum Gasteiger partial charge on any atom is -0.354 e. The minimum absolute atomic E-state index is 0.737. The number of piperidine rings is 1. The van der Waals surface area contributed by atoms with Crippen molar-refractivity contribution in [1.82, 2.24) is 15.3 Å². The Hall–Kier alpha value is -1.68. The summed E-state index contributed by atoms with van der Waals surface area (Å²) in [4.78, 5) is 8.88. The molecule has 1 saturated heterocycles. The van der Waals surface area contributed by atoms with Crippen molar-refractivity contribution < 1.29 is 0 Å². The molecule has 1 aliphatic rings. The Morgan fingerprint density at radius 1 is 1.22 bits per heavy atom. The first-order valence-electron chi connectivity index (χ1n) is 6.58. The molecule has 2 heterocycles. The van der Waals surface area contributed by atoms with Gasteiger partial charge in [-0.05, 0) is 37.9 Å². The van der Waals surface area contributed by atoms with Crippen LogP contribution in [0, 0.1) is 5.92 Å². The molecule has 0 amide bonds. The topological polar surface area (TPSA) is 49.8 Å². The Morgan fingerprint density at radius 2 is 2.06 bits per heavy atom. The molecular weight excluding hydrogens is 224 g/mol. The summed E-state index contributed by atoms with van der Waals surface area (Å²) in [7, 11) is 0. The Morgan fingerprint density at radius 3 is 2.94 bits per heavy atom. The molecule has 3 rings (SSSR count). The third-order valence-corrected chi connectivity index (χ3v) is 3.50. The third-order valence-electron chi connectivity index (χ3n) is 3.50. The normalized spacial score (nSPS) is 16.9. The summed E-state index contributed by atoms with van der Waals surface area (Å²) < 4.78 is 0. The Bertz CT molecular complexity index is 520. The van der Waals surface area contributed by atoms with E-state index in [1.807, 2.05) is 30.5 Å². The lowest BCUT2D eigenvalue weighted by molar-refractivity contribution is 0.389. The molecule has 0 spiro atoms. The predicted molar refractivity (Wildman–Crippen MR) is 73.6 cm³/mol. The van der Waals surface area contributed by atoms with E-state index in [4.69, 9.17) is 0 Å². The van der Waals surface area contributed by atoms with Crippen LogP contribution in [0.1, 0.15) is 12.8 Å². The van der Waals surface area contributed by atoms with E-state index in [1.165, 1.54) is 12.8 Å². The van der Waals surface area contributed by atoms with E-state index in [0.717, 1.165) is 42.4 Å². The molecule has 1 fully saturated rings. The van der Waals surface area contributed by atoms with Crippen LogP contribution in [0.3, 0.4) is 0 Å². The van der Waals surface area contributed by atoms with Gasteiger partial charge in [0.25, 0.3) is 0 Å². The lowest BCUT2D eigenvalue weighted by Crippen LogP contribution is -2.31. The maximum Gasteiger partial charge on any atom is 0.223 e. The number of anilines is 1. The van der Waals surface area contributed by atoms with Gasteiger partial charge in [-0.15, -0.1) is 0 Å². The zero-order valence-electron chi connectivity index (χ0n) is 10.4. The molecule has 1 aromatic carbocycles. The molecule has 4 heteroatoms. The molecule has 0 unspecified atom stereocenters. The summed E-state index contributed by atoms with van der Waals surface area (Å²) in [6.45, 7) is 3.23. The largest absolute Gasteiger partial charge is 0.354 e. The van der Waals surface area contributed by atoms with Crippen molar-refractivity contribution in [2.24, 2.45) is 5.92 Å². The molecule has 1 aromatic heterocycles. The number of rotatable bonds is 3. The summed E-state index contributed by atoms with van der Waals surface area (Å²) in [5.41, 5.74) is 1.00. The fourth-order valence-electron chi connectivity index (χ4n) is 2.38. The molecule has 1 aliphatic heterocycles. The molecule has 0 aliphatic carbocycles. The highest BCUT2D eigenvalue weighted by molar-refractivity contribution is 5.78. The van der Waals surface area contributed by atoms with Gasteiger partial charge >= 0.3 is 0 Å². The van der Waals surface area contributed by atoms with Crippen molar-refractivity contribution in [3.8, 4) is 0 Å². The summed E-state index contributed by atoms with van der Waals surface area (Å²) in [6.07, 6.45) is 4.36. The maximum absolute atomic E-state index is 4.52. The third kappa shape index (κ3) is 2.59. The number of fused-ring (bicyclic) bond motifs is 1. The van der Waals surface area contributed by atoms with Gasteiger partial charge in [0.05, 0.1) is 5.52 Å². The van der Waals surface area contributed by atoms with E-state index in [0.29, 0.717) is 0 Å². The van der Waals surface area contributed by atoms with Crippen LogP contribution in [-0.2, 0) is 0 Å². The smallest absolute Gasteiger partial charge is 0.223 e. The number of hydrogen-bond donors (Lipinski definition) is 2. The monoisotopic (exact) mass is 242 g/mol. The van der Waals surface area contributed by atoms with Crippen molar-refractivity contribution in [2.75, 3.05) is 25.0 Å². The van der Waals surface area contributed by atoms with Crippen molar-refractivity contribution in [3.63, 3.8) is 0 Å². The summed E-state index contributed by atoms with van der Waals surface area (Å²) in [5, 5.41) is 7.82. The zero-order valence-corrected chi connectivity index (χ0v) is 10.4. The average Bonchev–Trinajstić information content (AvgIpc) is 2.46. The van der Waals surface area contributed by atoms with Crippen LogP contribution in [0.25, 0.3) is 10.9 Å². The predicted octanol–water partition coefficient (Wildman–Crippen LogP) is 2.04. The van der Waals surface area contributed by atoms with Crippen molar-refractivity contribution in [1.29, 1.82) is 0 Å². The summed E-state index contributed by atoms with van der Waals surface area (Å²) >= 11 is 0. The van der Waals surface area contributed by atoms with Gasteiger partial charge in [0.1, 0.15) is 0 Å². The van der Waals surface area contributed by atoms with Gasteiger partial charge in [-0.1, -0.05) is 18.2 Å². The molecule has 0 radical (unpaired) electrons. The molecule has 0 atom stereocenters. The molecule has 2 N–H and O–H groups in total. The second-order valence-corrected chi connectivity index (χ2v) is 4.83. The lowest BCUT2D eigenvalue weighted by Gasteiger charge is -2.22. The molecule has 18 heavy (non-hydrogen) atoms. The first-order chi connectivity index (χ1) is 8.92. The van der Waals surface area contributed by atoms with Gasteiger partial charge in [0, 0.05) is 18.1 Å². The highest BCUT2D eigenvalue weighted by Crippen LogP contribution is 2.14. The Kier molecular flexibility index (Phi) is 3.37. The summed E-state index contributed by atoms with van der Waals surface area (Å²) in [5.74, 6) is 1.48. The number of nitrogens with zero attached hydrogens (tertiary/aromatic N) is 2. The minimum atomic E-state index is 0.737. The van der Waals surface area contributed by atoms with E-state index < -0.39 is 0 Å². The van der Waals surface area contributed by atoms with Crippen molar-refractivity contribution in [2.45, 2.75) is 12.8 Å². The van der Waals surface area contributed by atoms with Crippen LogP contribution in [0.15, 0.2) is 30.5 Å². The van der Waals surface area contributed by atoms with Crippen LogP contribution in [-0.4, -0.2) is 29.6 Å². The van der Waals surface area contributed by atoms with Gasteiger partial charge in [0.15, 0.2) is 0 Å². The van der Waals surface area contributed by atoms with Crippen molar-refractivity contribution in [3.05, 3.63) is 30.5 Å². The summed E-state index contributed by atoms with van der Waals surface area (Å²) in [6, 6.07) is 8.07. The fraction of sp³-hybridized carbons (Fsp3) is 0.429.